The smallest absolute Gasteiger partial charge is 0.193 e. The molecule has 0 aromatic rings. The summed E-state index contributed by atoms with van der Waals surface area (Å²) in [6, 6.07) is 0. The van der Waals surface area contributed by atoms with E-state index in [1.54, 1.807) is 0 Å². The maximum absolute atomic E-state index is 5.67. The standard InChI is InChI=1S/C15H27N3O2.HI/c1-16-15(17-8-14-11-19-6-7-20-14)18-9-12-4-2-3-5-13(12)10-18;/h12-14H,2-11H2,1H3,(H,16,17);1H. The Morgan fingerprint density at radius 3 is 2.48 bits per heavy atom. The van der Waals surface area contributed by atoms with Crippen molar-refractivity contribution >= 4 is 29.9 Å². The summed E-state index contributed by atoms with van der Waals surface area (Å²) in [4.78, 5) is 6.88. The lowest BCUT2D eigenvalue weighted by atomic mass is 9.82. The molecular formula is C15H28IN3O2. The van der Waals surface area contributed by atoms with Crippen molar-refractivity contribution in [3.05, 3.63) is 0 Å². The van der Waals surface area contributed by atoms with Crippen LogP contribution in [-0.2, 0) is 9.47 Å². The average molecular weight is 409 g/mol. The summed E-state index contributed by atoms with van der Waals surface area (Å²) in [5.41, 5.74) is 0. The van der Waals surface area contributed by atoms with E-state index in [0.717, 1.165) is 30.9 Å². The Morgan fingerprint density at radius 1 is 1.19 bits per heavy atom. The first-order valence-corrected chi connectivity index (χ1v) is 8.01. The van der Waals surface area contributed by atoms with Gasteiger partial charge >= 0.3 is 0 Å². The van der Waals surface area contributed by atoms with Crippen LogP contribution in [0.25, 0.3) is 0 Å². The minimum Gasteiger partial charge on any atom is -0.376 e. The maximum Gasteiger partial charge on any atom is 0.193 e. The fraction of sp³-hybridized carbons (Fsp3) is 0.933. The largest absolute Gasteiger partial charge is 0.376 e. The van der Waals surface area contributed by atoms with Crippen LogP contribution in [-0.4, -0.2) is 63.5 Å². The van der Waals surface area contributed by atoms with Gasteiger partial charge in [-0.15, -0.1) is 24.0 Å². The minimum absolute atomic E-state index is 0. The molecule has 0 aromatic carbocycles. The van der Waals surface area contributed by atoms with E-state index in [0.29, 0.717) is 13.2 Å². The molecule has 3 atom stereocenters. The van der Waals surface area contributed by atoms with Crippen molar-refractivity contribution in [3.8, 4) is 0 Å². The molecule has 0 radical (unpaired) electrons. The van der Waals surface area contributed by atoms with Crippen LogP contribution >= 0.6 is 24.0 Å². The summed E-state index contributed by atoms with van der Waals surface area (Å²) >= 11 is 0. The van der Waals surface area contributed by atoms with Gasteiger partial charge in [-0.1, -0.05) is 12.8 Å². The molecule has 6 heteroatoms. The molecule has 5 nitrogen and oxygen atoms in total. The Morgan fingerprint density at radius 2 is 1.90 bits per heavy atom. The molecule has 2 aliphatic heterocycles. The third kappa shape index (κ3) is 4.45. The monoisotopic (exact) mass is 409 g/mol. The van der Waals surface area contributed by atoms with Crippen molar-refractivity contribution in [3.63, 3.8) is 0 Å². The summed E-state index contributed by atoms with van der Waals surface area (Å²) in [7, 11) is 1.88. The van der Waals surface area contributed by atoms with Crippen LogP contribution in [0.1, 0.15) is 25.7 Å². The van der Waals surface area contributed by atoms with Gasteiger partial charge in [0.15, 0.2) is 5.96 Å². The lowest BCUT2D eigenvalue weighted by Gasteiger charge is -2.26. The number of hydrogen-bond acceptors (Lipinski definition) is 3. The van der Waals surface area contributed by atoms with Crippen molar-refractivity contribution in [2.45, 2.75) is 31.8 Å². The molecule has 3 aliphatic rings. The summed E-state index contributed by atoms with van der Waals surface area (Å²) < 4.78 is 11.1. The Balaban J connectivity index is 0.00000161. The predicted octanol–water partition coefficient (Wildman–Crippen LogP) is 1.72. The molecule has 1 N–H and O–H groups in total. The lowest BCUT2D eigenvalue weighted by molar-refractivity contribution is -0.0851. The molecule has 122 valence electrons. The Labute approximate surface area is 144 Å². The molecular weight excluding hydrogens is 381 g/mol. The fourth-order valence-electron chi connectivity index (χ4n) is 3.77. The number of halogens is 1. The van der Waals surface area contributed by atoms with Crippen LogP contribution in [0.2, 0.25) is 0 Å². The van der Waals surface area contributed by atoms with E-state index in [2.05, 4.69) is 15.2 Å². The molecule has 21 heavy (non-hydrogen) atoms. The zero-order valence-corrected chi connectivity index (χ0v) is 15.3. The van der Waals surface area contributed by atoms with Gasteiger partial charge in [-0.05, 0) is 24.7 Å². The van der Waals surface area contributed by atoms with Gasteiger partial charge in [0.1, 0.15) is 0 Å². The van der Waals surface area contributed by atoms with Crippen LogP contribution in [0.15, 0.2) is 4.99 Å². The fourth-order valence-corrected chi connectivity index (χ4v) is 3.77. The molecule has 2 heterocycles. The van der Waals surface area contributed by atoms with Gasteiger partial charge in [0.05, 0.1) is 25.9 Å². The first-order valence-electron chi connectivity index (χ1n) is 8.01. The number of ether oxygens (including phenoxy) is 2. The van der Waals surface area contributed by atoms with Crippen molar-refractivity contribution in [2.24, 2.45) is 16.8 Å². The third-order valence-electron chi connectivity index (χ3n) is 4.86. The molecule has 0 aromatic heterocycles. The normalized spacial score (nSPS) is 33.3. The van der Waals surface area contributed by atoms with Crippen molar-refractivity contribution < 1.29 is 9.47 Å². The molecule has 2 saturated heterocycles. The number of guanidine groups is 1. The lowest BCUT2D eigenvalue weighted by Crippen LogP contribution is -2.46. The average Bonchev–Trinajstić information content (AvgIpc) is 2.92. The molecule has 0 amide bonds. The summed E-state index contributed by atoms with van der Waals surface area (Å²) in [5, 5.41) is 3.46. The van der Waals surface area contributed by atoms with Crippen LogP contribution in [0.4, 0.5) is 0 Å². The molecule has 3 rings (SSSR count). The highest BCUT2D eigenvalue weighted by atomic mass is 127. The van der Waals surface area contributed by atoms with E-state index in [4.69, 9.17) is 9.47 Å². The van der Waals surface area contributed by atoms with Crippen molar-refractivity contribution in [1.82, 2.24) is 10.2 Å². The van der Waals surface area contributed by atoms with Crippen LogP contribution in [0.5, 0.6) is 0 Å². The van der Waals surface area contributed by atoms with E-state index in [1.165, 1.54) is 38.8 Å². The van der Waals surface area contributed by atoms with Gasteiger partial charge in [0.25, 0.3) is 0 Å². The first kappa shape index (κ1) is 17.3. The zero-order chi connectivity index (χ0) is 13.8. The molecule has 0 spiro atoms. The number of nitrogens with zero attached hydrogens (tertiary/aromatic N) is 2. The first-order chi connectivity index (χ1) is 9.86. The van der Waals surface area contributed by atoms with Crippen LogP contribution in [0, 0.1) is 11.8 Å². The number of aliphatic imine (C=N–C) groups is 1. The number of rotatable bonds is 2. The second-order valence-corrected chi connectivity index (χ2v) is 6.21. The second-order valence-electron chi connectivity index (χ2n) is 6.21. The summed E-state index contributed by atoms with van der Waals surface area (Å²) in [5.74, 6) is 2.81. The molecule has 3 fully saturated rings. The number of likely N-dealkylation sites (tertiary alicyclic amines) is 1. The number of nitrogens with one attached hydrogen (secondary N) is 1. The quantitative estimate of drug-likeness (QED) is 0.429. The van der Waals surface area contributed by atoms with E-state index < -0.39 is 0 Å². The molecule has 3 unspecified atom stereocenters. The van der Waals surface area contributed by atoms with E-state index in [-0.39, 0.29) is 30.1 Å². The van der Waals surface area contributed by atoms with Gasteiger partial charge in [0, 0.05) is 26.7 Å². The minimum atomic E-state index is 0. The molecule has 1 aliphatic carbocycles. The highest BCUT2D eigenvalue weighted by molar-refractivity contribution is 14.0. The molecule has 1 saturated carbocycles. The molecule has 0 bridgehead atoms. The van der Waals surface area contributed by atoms with Gasteiger partial charge in [0.2, 0.25) is 0 Å². The van der Waals surface area contributed by atoms with E-state index >= 15 is 0 Å². The van der Waals surface area contributed by atoms with Gasteiger partial charge in [-0.2, -0.15) is 0 Å². The van der Waals surface area contributed by atoms with Gasteiger partial charge in [-0.25, -0.2) is 0 Å². The number of hydrogen-bond donors (Lipinski definition) is 1. The SMILES string of the molecule is CN=C(NCC1COCCO1)N1CC2CCCCC2C1.I. The Kier molecular flexibility index (Phi) is 7.01. The topological polar surface area (TPSA) is 46.1 Å². The maximum atomic E-state index is 5.67. The Bertz CT molecular complexity index is 334. The van der Waals surface area contributed by atoms with E-state index in [9.17, 15) is 0 Å². The van der Waals surface area contributed by atoms with E-state index in [1.807, 2.05) is 7.05 Å². The van der Waals surface area contributed by atoms with Crippen molar-refractivity contribution in [2.75, 3.05) is 46.5 Å². The van der Waals surface area contributed by atoms with Gasteiger partial charge < -0.3 is 19.7 Å². The highest BCUT2D eigenvalue weighted by Gasteiger charge is 2.35. The predicted molar refractivity (Wildman–Crippen MR) is 94.4 cm³/mol. The summed E-state index contributed by atoms with van der Waals surface area (Å²) in [6.45, 7) is 5.26. The Hall–Kier alpha value is -0.0800. The van der Waals surface area contributed by atoms with Gasteiger partial charge in [-0.3, -0.25) is 4.99 Å². The van der Waals surface area contributed by atoms with Crippen LogP contribution in [0.3, 0.4) is 0 Å². The summed E-state index contributed by atoms with van der Waals surface area (Å²) in [6.07, 6.45) is 5.78. The van der Waals surface area contributed by atoms with Crippen LogP contribution < -0.4 is 5.32 Å². The third-order valence-corrected chi connectivity index (χ3v) is 4.86. The highest BCUT2D eigenvalue weighted by Crippen LogP contribution is 2.35. The second kappa shape index (κ2) is 8.53. The number of fused-ring (bicyclic) bond motifs is 1. The van der Waals surface area contributed by atoms with Crippen molar-refractivity contribution in [1.29, 1.82) is 0 Å². The zero-order valence-electron chi connectivity index (χ0n) is 12.9.